The molecule has 24 heavy (non-hydrogen) atoms. The Morgan fingerprint density at radius 2 is 1.88 bits per heavy atom. The van der Waals surface area contributed by atoms with Crippen molar-refractivity contribution in [3.63, 3.8) is 0 Å². The van der Waals surface area contributed by atoms with Gasteiger partial charge in [-0.1, -0.05) is 45.4 Å². The van der Waals surface area contributed by atoms with Crippen LogP contribution in [0.5, 0.6) is 0 Å². The Morgan fingerprint density at radius 1 is 1.17 bits per heavy atom. The monoisotopic (exact) mass is 330 g/mol. The van der Waals surface area contributed by atoms with Gasteiger partial charge in [-0.3, -0.25) is 4.99 Å². The van der Waals surface area contributed by atoms with E-state index in [2.05, 4.69) is 43.5 Å². The first-order chi connectivity index (χ1) is 11.5. The zero-order valence-electron chi connectivity index (χ0n) is 15.5. The Balaban J connectivity index is 1.94. The van der Waals surface area contributed by atoms with E-state index in [1.165, 1.54) is 25.7 Å². The lowest BCUT2D eigenvalue weighted by Crippen LogP contribution is -2.37. The first-order valence-electron chi connectivity index (χ1n) is 9.27. The van der Waals surface area contributed by atoms with Crippen molar-refractivity contribution in [2.24, 2.45) is 28.0 Å². The van der Waals surface area contributed by atoms with E-state index in [1.54, 1.807) is 0 Å². The number of hydrogen-bond donors (Lipinski definition) is 3. The lowest BCUT2D eigenvalue weighted by atomic mass is 9.81. The van der Waals surface area contributed by atoms with Gasteiger partial charge in [-0.15, -0.1) is 0 Å². The van der Waals surface area contributed by atoms with Gasteiger partial charge in [0, 0.05) is 18.8 Å². The predicted molar refractivity (Wildman–Crippen MR) is 104 cm³/mol. The van der Waals surface area contributed by atoms with E-state index in [4.69, 9.17) is 10.7 Å². The molecular weight excluding hydrogens is 296 g/mol. The molecular formula is C20H34N4. The van der Waals surface area contributed by atoms with E-state index in [1.807, 2.05) is 18.2 Å². The highest BCUT2D eigenvalue weighted by Crippen LogP contribution is 2.27. The molecule has 1 fully saturated rings. The molecule has 0 saturated heterocycles. The summed E-state index contributed by atoms with van der Waals surface area (Å²) in [6.07, 6.45) is 5.12. The van der Waals surface area contributed by atoms with Gasteiger partial charge >= 0.3 is 0 Å². The molecule has 0 spiro atoms. The third kappa shape index (κ3) is 6.91. The zero-order valence-corrected chi connectivity index (χ0v) is 15.5. The second-order valence-corrected chi connectivity index (χ2v) is 8.23. The van der Waals surface area contributed by atoms with E-state index in [-0.39, 0.29) is 5.41 Å². The minimum Gasteiger partial charge on any atom is -0.356 e. The number of aliphatic imine (C=N–C) groups is 1. The van der Waals surface area contributed by atoms with Crippen molar-refractivity contribution >= 4 is 11.6 Å². The van der Waals surface area contributed by atoms with Gasteiger partial charge in [0.1, 0.15) is 0 Å². The van der Waals surface area contributed by atoms with E-state index in [0.717, 1.165) is 31.3 Å². The fourth-order valence-electron chi connectivity index (χ4n) is 3.16. The van der Waals surface area contributed by atoms with Gasteiger partial charge in [0.2, 0.25) is 0 Å². The van der Waals surface area contributed by atoms with Gasteiger partial charge in [-0.05, 0) is 55.2 Å². The third-order valence-electron chi connectivity index (χ3n) is 4.53. The van der Waals surface area contributed by atoms with Crippen LogP contribution in [0.25, 0.3) is 0 Å². The summed E-state index contributed by atoms with van der Waals surface area (Å²) in [5.74, 6) is 2.28. The van der Waals surface area contributed by atoms with Crippen LogP contribution in [0.15, 0.2) is 35.3 Å². The van der Waals surface area contributed by atoms with Crippen molar-refractivity contribution in [1.29, 1.82) is 0 Å². The smallest absolute Gasteiger partial charge is 0.195 e. The van der Waals surface area contributed by atoms with Crippen molar-refractivity contribution in [3.05, 3.63) is 30.3 Å². The summed E-state index contributed by atoms with van der Waals surface area (Å²) in [5, 5.41) is 6.98. The summed E-state index contributed by atoms with van der Waals surface area (Å²) in [6, 6.07) is 10.2. The molecule has 2 unspecified atom stereocenters. The quantitative estimate of drug-likeness (QED) is 0.567. The number of hydrogen-bond acceptors (Lipinski definition) is 2. The van der Waals surface area contributed by atoms with Gasteiger partial charge in [-0.25, -0.2) is 0 Å². The second-order valence-electron chi connectivity index (χ2n) is 8.23. The number of nitrogens with one attached hydrogen (secondary N) is 2. The number of para-hydroxylation sites is 1. The van der Waals surface area contributed by atoms with Crippen LogP contribution in [0, 0.1) is 17.3 Å². The van der Waals surface area contributed by atoms with Gasteiger partial charge in [0.25, 0.3) is 0 Å². The summed E-state index contributed by atoms with van der Waals surface area (Å²) in [5.41, 5.74) is 7.11. The van der Waals surface area contributed by atoms with Crippen molar-refractivity contribution in [2.45, 2.75) is 46.5 Å². The molecule has 1 aliphatic rings. The van der Waals surface area contributed by atoms with Crippen molar-refractivity contribution < 1.29 is 0 Å². The van der Waals surface area contributed by atoms with Gasteiger partial charge < -0.3 is 16.4 Å². The largest absolute Gasteiger partial charge is 0.356 e. The molecule has 1 aromatic rings. The number of rotatable bonds is 5. The maximum atomic E-state index is 5.86. The fourth-order valence-corrected chi connectivity index (χ4v) is 3.16. The molecule has 2 atom stereocenters. The number of benzene rings is 1. The van der Waals surface area contributed by atoms with Gasteiger partial charge in [0.15, 0.2) is 5.96 Å². The molecule has 0 heterocycles. The van der Waals surface area contributed by atoms with Crippen molar-refractivity contribution in [3.8, 4) is 0 Å². The van der Waals surface area contributed by atoms with Gasteiger partial charge in [-0.2, -0.15) is 0 Å². The molecule has 1 saturated carbocycles. The lowest BCUT2D eigenvalue weighted by molar-refractivity contribution is 0.271. The number of anilines is 1. The highest BCUT2D eigenvalue weighted by Gasteiger charge is 2.21. The van der Waals surface area contributed by atoms with E-state index in [9.17, 15) is 0 Å². The Labute approximate surface area is 147 Å². The maximum Gasteiger partial charge on any atom is 0.195 e. The standard InChI is InChI=1S/C20H34N4/c1-20(2,3)15-23-19(24-18-10-5-4-6-11-18)22-14-17-9-7-8-16(12-17)13-21/h4-6,10-11,16-17H,7-9,12-15,21H2,1-3H3,(H2,22,23,24). The van der Waals surface area contributed by atoms with Crippen LogP contribution < -0.4 is 16.4 Å². The van der Waals surface area contributed by atoms with Crippen LogP contribution in [0.2, 0.25) is 0 Å². The number of nitrogens with zero attached hydrogens (tertiary/aromatic N) is 1. The lowest BCUT2D eigenvalue weighted by Gasteiger charge is -2.29. The summed E-state index contributed by atoms with van der Waals surface area (Å²) >= 11 is 0. The fraction of sp³-hybridized carbons (Fsp3) is 0.650. The molecule has 4 N–H and O–H groups in total. The predicted octanol–water partition coefficient (Wildman–Crippen LogP) is 3.86. The number of guanidine groups is 1. The highest BCUT2D eigenvalue weighted by atomic mass is 15.2. The third-order valence-corrected chi connectivity index (χ3v) is 4.53. The molecule has 134 valence electrons. The molecule has 0 aromatic heterocycles. The maximum absolute atomic E-state index is 5.86. The van der Waals surface area contributed by atoms with E-state index >= 15 is 0 Å². The first-order valence-corrected chi connectivity index (χ1v) is 9.27. The first kappa shape index (κ1) is 18.8. The van der Waals surface area contributed by atoms with Gasteiger partial charge in [0.05, 0.1) is 0 Å². The van der Waals surface area contributed by atoms with Crippen LogP contribution in [-0.2, 0) is 0 Å². The zero-order chi connectivity index (χ0) is 17.4. The number of nitrogens with two attached hydrogens (primary N) is 1. The van der Waals surface area contributed by atoms with Crippen molar-refractivity contribution in [2.75, 3.05) is 25.0 Å². The van der Waals surface area contributed by atoms with E-state index < -0.39 is 0 Å². The summed E-state index contributed by atoms with van der Waals surface area (Å²) < 4.78 is 0. The van der Waals surface area contributed by atoms with Crippen LogP contribution in [0.1, 0.15) is 46.5 Å². The Kier molecular flexibility index (Phi) is 7.10. The summed E-state index contributed by atoms with van der Waals surface area (Å²) in [4.78, 5) is 4.78. The molecule has 2 rings (SSSR count). The molecule has 4 heteroatoms. The second kappa shape index (κ2) is 9.07. The van der Waals surface area contributed by atoms with Crippen LogP contribution in [0.4, 0.5) is 5.69 Å². The Morgan fingerprint density at radius 3 is 2.54 bits per heavy atom. The Hall–Kier alpha value is -1.55. The topological polar surface area (TPSA) is 62.4 Å². The van der Waals surface area contributed by atoms with Crippen molar-refractivity contribution in [1.82, 2.24) is 5.32 Å². The molecule has 0 bridgehead atoms. The SMILES string of the molecule is CC(C)(C)CN=C(NCC1CCCC(CN)C1)Nc1ccccc1. The minimum atomic E-state index is 0.181. The normalized spacial score (nSPS) is 22.2. The Bertz CT molecular complexity index is 504. The molecule has 0 aliphatic heterocycles. The van der Waals surface area contributed by atoms with Crippen LogP contribution in [-0.4, -0.2) is 25.6 Å². The molecule has 1 aromatic carbocycles. The highest BCUT2D eigenvalue weighted by molar-refractivity contribution is 5.93. The average molecular weight is 331 g/mol. The molecule has 1 aliphatic carbocycles. The summed E-state index contributed by atoms with van der Waals surface area (Å²) in [6.45, 7) is 9.23. The average Bonchev–Trinajstić information content (AvgIpc) is 2.57. The van der Waals surface area contributed by atoms with Crippen LogP contribution in [0.3, 0.4) is 0 Å². The minimum absolute atomic E-state index is 0.181. The molecule has 0 amide bonds. The molecule has 0 radical (unpaired) electrons. The van der Waals surface area contributed by atoms with E-state index in [0.29, 0.717) is 11.8 Å². The van der Waals surface area contributed by atoms with Crippen LogP contribution >= 0.6 is 0 Å². The molecule has 4 nitrogen and oxygen atoms in total. The summed E-state index contributed by atoms with van der Waals surface area (Å²) in [7, 11) is 0.